The number of carboxylic acids is 1. The second-order valence-electron chi connectivity index (χ2n) is 5.11. The molecule has 0 aliphatic carbocycles. The molecule has 0 bridgehead atoms. The number of rotatable bonds is 4. The van der Waals surface area contributed by atoms with Gasteiger partial charge < -0.3 is 5.11 Å². The van der Waals surface area contributed by atoms with Gasteiger partial charge in [-0.3, -0.25) is 4.57 Å². The molecule has 2 heterocycles. The van der Waals surface area contributed by atoms with E-state index in [0.717, 1.165) is 16.9 Å². The average Bonchev–Trinajstić information content (AvgIpc) is 2.68. The number of hydrogen-bond donors (Lipinski definition) is 1. The number of fused-ring (bicyclic) bond motifs is 1. The van der Waals surface area contributed by atoms with Crippen molar-refractivity contribution in [3.63, 3.8) is 0 Å². The molecule has 0 aliphatic heterocycles. The molecule has 0 aliphatic rings. The van der Waals surface area contributed by atoms with Crippen LogP contribution in [0.1, 0.15) is 50.5 Å². The first-order valence-electron chi connectivity index (χ1n) is 6.53. The summed E-state index contributed by atoms with van der Waals surface area (Å²) in [5.74, 6) is 0.0938. The van der Waals surface area contributed by atoms with E-state index < -0.39 is 12.0 Å². The summed E-state index contributed by atoms with van der Waals surface area (Å²) in [6.07, 6.45) is 2.26. The van der Waals surface area contributed by atoms with Gasteiger partial charge in [-0.15, -0.1) is 0 Å². The van der Waals surface area contributed by atoms with Crippen LogP contribution in [0, 0.1) is 6.92 Å². The number of aliphatic carboxylic acids is 1. The van der Waals surface area contributed by atoms with Crippen molar-refractivity contribution >= 4 is 17.1 Å². The third kappa shape index (κ3) is 2.32. The largest absolute Gasteiger partial charge is 0.480 e. The summed E-state index contributed by atoms with van der Waals surface area (Å²) in [5, 5.41) is 9.39. The highest BCUT2D eigenvalue weighted by Gasteiger charge is 2.25. The normalized spacial score (nSPS) is 13.1. The molecule has 0 radical (unpaired) electrons. The maximum absolute atomic E-state index is 11.4. The minimum atomic E-state index is -0.842. The second kappa shape index (κ2) is 4.99. The van der Waals surface area contributed by atoms with Crippen molar-refractivity contribution in [2.24, 2.45) is 0 Å². The molecule has 5 nitrogen and oxygen atoms in total. The molecule has 0 spiro atoms. The Morgan fingerprint density at radius 3 is 2.68 bits per heavy atom. The van der Waals surface area contributed by atoms with E-state index in [2.05, 4.69) is 9.97 Å². The number of aromatic nitrogens is 3. The van der Waals surface area contributed by atoms with E-state index in [-0.39, 0.29) is 5.92 Å². The van der Waals surface area contributed by atoms with Crippen LogP contribution in [-0.2, 0) is 4.79 Å². The first kappa shape index (κ1) is 13.5. The van der Waals surface area contributed by atoms with Gasteiger partial charge >= 0.3 is 5.97 Å². The lowest BCUT2D eigenvalue weighted by Gasteiger charge is -2.17. The van der Waals surface area contributed by atoms with Crippen LogP contribution in [0.4, 0.5) is 0 Å². The van der Waals surface area contributed by atoms with Crippen molar-refractivity contribution in [3.8, 4) is 0 Å². The summed E-state index contributed by atoms with van der Waals surface area (Å²) in [6.45, 7) is 7.84. The SMILES string of the molecule is CCC(C(=O)O)n1c(C(C)C)nc2cc(C)cnc21. The van der Waals surface area contributed by atoms with Crippen LogP contribution in [0.3, 0.4) is 0 Å². The molecule has 0 aromatic carbocycles. The topological polar surface area (TPSA) is 68.0 Å². The molecule has 2 aromatic heterocycles. The van der Waals surface area contributed by atoms with Gasteiger partial charge in [-0.05, 0) is 25.0 Å². The fourth-order valence-electron chi connectivity index (χ4n) is 2.28. The van der Waals surface area contributed by atoms with E-state index in [1.165, 1.54) is 0 Å². The van der Waals surface area contributed by atoms with Crippen molar-refractivity contribution in [3.05, 3.63) is 23.7 Å². The van der Waals surface area contributed by atoms with E-state index in [0.29, 0.717) is 12.1 Å². The van der Waals surface area contributed by atoms with Gasteiger partial charge in [-0.1, -0.05) is 20.8 Å². The van der Waals surface area contributed by atoms with Gasteiger partial charge in [0.25, 0.3) is 0 Å². The molecule has 1 unspecified atom stereocenters. The summed E-state index contributed by atoms with van der Waals surface area (Å²) in [4.78, 5) is 20.4. The van der Waals surface area contributed by atoms with Gasteiger partial charge in [-0.2, -0.15) is 0 Å². The molecule has 0 amide bonds. The van der Waals surface area contributed by atoms with Crippen LogP contribution >= 0.6 is 0 Å². The minimum Gasteiger partial charge on any atom is -0.480 e. The number of nitrogens with zero attached hydrogens (tertiary/aromatic N) is 3. The zero-order valence-corrected chi connectivity index (χ0v) is 11.7. The van der Waals surface area contributed by atoms with Crippen LogP contribution in [0.2, 0.25) is 0 Å². The number of carbonyl (C=O) groups is 1. The lowest BCUT2D eigenvalue weighted by molar-refractivity contribution is -0.141. The Hall–Kier alpha value is -1.91. The van der Waals surface area contributed by atoms with Crippen molar-refractivity contribution in [1.29, 1.82) is 0 Å². The highest BCUT2D eigenvalue weighted by Crippen LogP contribution is 2.26. The fourth-order valence-corrected chi connectivity index (χ4v) is 2.28. The van der Waals surface area contributed by atoms with Crippen LogP contribution in [0.5, 0.6) is 0 Å². The first-order valence-corrected chi connectivity index (χ1v) is 6.53. The van der Waals surface area contributed by atoms with E-state index >= 15 is 0 Å². The Morgan fingerprint density at radius 1 is 1.47 bits per heavy atom. The third-order valence-corrected chi connectivity index (χ3v) is 3.19. The lowest BCUT2D eigenvalue weighted by atomic mass is 10.1. The maximum Gasteiger partial charge on any atom is 0.326 e. The van der Waals surface area contributed by atoms with Gasteiger partial charge in [0.15, 0.2) is 5.65 Å². The van der Waals surface area contributed by atoms with Gasteiger partial charge in [0.05, 0.1) is 0 Å². The molecule has 5 heteroatoms. The Balaban J connectivity index is 2.74. The molecule has 2 rings (SSSR count). The third-order valence-electron chi connectivity index (χ3n) is 3.19. The van der Waals surface area contributed by atoms with Crippen LogP contribution in [0.15, 0.2) is 12.3 Å². The zero-order valence-electron chi connectivity index (χ0n) is 11.7. The molecule has 0 saturated heterocycles. The maximum atomic E-state index is 11.4. The van der Waals surface area contributed by atoms with Crippen molar-refractivity contribution in [2.75, 3.05) is 0 Å². The lowest BCUT2D eigenvalue weighted by Crippen LogP contribution is -2.21. The molecule has 0 fully saturated rings. The second-order valence-corrected chi connectivity index (χ2v) is 5.11. The number of pyridine rings is 1. The van der Waals surface area contributed by atoms with Gasteiger partial charge in [-0.25, -0.2) is 14.8 Å². The smallest absolute Gasteiger partial charge is 0.326 e. The summed E-state index contributed by atoms with van der Waals surface area (Å²) in [7, 11) is 0. The molecule has 1 atom stereocenters. The van der Waals surface area contributed by atoms with Crippen molar-refractivity contribution in [2.45, 2.75) is 46.1 Å². The summed E-state index contributed by atoms with van der Waals surface area (Å²) >= 11 is 0. The molecular weight excluding hydrogens is 242 g/mol. The monoisotopic (exact) mass is 261 g/mol. The molecule has 102 valence electrons. The Kier molecular flexibility index (Phi) is 3.55. The standard InChI is InChI=1S/C14H19N3O2/c1-5-11(14(18)19)17-12(8(2)3)16-10-6-9(4)7-15-13(10)17/h6-8,11H,5H2,1-4H3,(H,18,19). The molecule has 1 N–H and O–H groups in total. The molecule has 2 aromatic rings. The van der Waals surface area contributed by atoms with E-state index in [9.17, 15) is 9.90 Å². The first-order chi connectivity index (χ1) is 8.95. The zero-order chi connectivity index (χ0) is 14.2. The Morgan fingerprint density at radius 2 is 2.16 bits per heavy atom. The quantitative estimate of drug-likeness (QED) is 0.918. The van der Waals surface area contributed by atoms with Crippen LogP contribution in [0.25, 0.3) is 11.2 Å². The number of imidazole rings is 1. The summed E-state index contributed by atoms with van der Waals surface area (Å²) in [5.41, 5.74) is 2.45. The predicted octanol–water partition coefficient (Wildman–Crippen LogP) is 2.90. The number of hydrogen-bond acceptors (Lipinski definition) is 3. The van der Waals surface area contributed by atoms with Gasteiger partial charge in [0.1, 0.15) is 17.4 Å². The Bertz CT molecular complexity index is 616. The highest BCUT2D eigenvalue weighted by atomic mass is 16.4. The average molecular weight is 261 g/mol. The Labute approximate surface area is 112 Å². The predicted molar refractivity (Wildman–Crippen MR) is 73.3 cm³/mol. The molecular formula is C14H19N3O2. The van der Waals surface area contributed by atoms with Crippen LogP contribution < -0.4 is 0 Å². The molecule has 19 heavy (non-hydrogen) atoms. The van der Waals surface area contributed by atoms with Gasteiger partial charge in [0.2, 0.25) is 0 Å². The number of carboxylic acid groups (broad SMARTS) is 1. The summed E-state index contributed by atoms with van der Waals surface area (Å²) < 4.78 is 1.77. The van der Waals surface area contributed by atoms with E-state index in [1.54, 1.807) is 10.8 Å². The van der Waals surface area contributed by atoms with E-state index in [4.69, 9.17) is 0 Å². The number of aryl methyl sites for hydroxylation is 1. The van der Waals surface area contributed by atoms with E-state index in [1.807, 2.05) is 33.8 Å². The summed E-state index contributed by atoms with van der Waals surface area (Å²) in [6, 6.07) is 1.33. The minimum absolute atomic E-state index is 0.155. The molecule has 0 saturated carbocycles. The van der Waals surface area contributed by atoms with Crippen molar-refractivity contribution in [1.82, 2.24) is 14.5 Å². The van der Waals surface area contributed by atoms with Crippen LogP contribution in [-0.4, -0.2) is 25.6 Å². The fraction of sp³-hybridized carbons (Fsp3) is 0.500. The van der Waals surface area contributed by atoms with Crippen molar-refractivity contribution < 1.29 is 9.90 Å². The van der Waals surface area contributed by atoms with Gasteiger partial charge in [0, 0.05) is 12.1 Å². The highest BCUT2D eigenvalue weighted by molar-refractivity contribution is 5.78.